The third-order valence-corrected chi connectivity index (χ3v) is 10.2. The summed E-state index contributed by atoms with van der Waals surface area (Å²) in [7, 11) is 0. The summed E-state index contributed by atoms with van der Waals surface area (Å²) >= 11 is 1.69. The van der Waals surface area contributed by atoms with Gasteiger partial charge in [0.05, 0.1) is 10.2 Å². The smallest absolute Gasteiger partial charge is 0.164 e. The molecule has 0 amide bonds. The van der Waals surface area contributed by atoms with Gasteiger partial charge in [-0.2, -0.15) is 0 Å². The lowest BCUT2D eigenvalue weighted by Gasteiger charge is -2.11. The first-order valence-corrected chi connectivity index (χ1v) is 17.3. The number of thiazole rings is 1. The van der Waals surface area contributed by atoms with E-state index < -0.39 is 0 Å². The number of hydrogen-bond donors (Lipinski definition) is 0. The molecule has 0 aliphatic rings. The van der Waals surface area contributed by atoms with Crippen molar-refractivity contribution in [2.24, 2.45) is 0 Å². The lowest BCUT2D eigenvalue weighted by molar-refractivity contribution is 0.669. The zero-order valence-electron chi connectivity index (χ0n) is 26.6. The largest absolute Gasteiger partial charge is 0.456 e. The lowest BCUT2D eigenvalue weighted by Crippen LogP contribution is -2.00. The fraction of sp³-hybridized carbons (Fsp3) is 0. The first-order valence-electron chi connectivity index (χ1n) is 16.5. The zero-order chi connectivity index (χ0) is 33.0. The first-order chi connectivity index (χ1) is 24.7. The summed E-state index contributed by atoms with van der Waals surface area (Å²) < 4.78 is 7.59. The van der Waals surface area contributed by atoms with E-state index in [0.29, 0.717) is 17.5 Å². The Bertz CT molecular complexity index is 2810. The minimum atomic E-state index is 0.634. The zero-order valence-corrected chi connectivity index (χ0v) is 27.4. The molecule has 0 spiro atoms. The van der Waals surface area contributed by atoms with Gasteiger partial charge in [0, 0.05) is 39.1 Å². The topological polar surface area (TPSA) is 64.7 Å². The molecule has 0 bridgehead atoms. The van der Waals surface area contributed by atoms with Crippen molar-refractivity contribution in [2.75, 3.05) is 0 Å². The van der Waals surface area contributed by atoms with Crippen molar-refractivity contribution in [1.29, 1.82) is 0 Å². The van der Waals surface area contributed by atoms with E-state index in [1.165, 1.54) is 0 Å². The van der Waals surface area contributed by atoms with Crippen LogP contribution >= 0.6 is 11.3 Å². The van der Waals surface area contributed by atoms with E-state index in [-0.39, 0.29) is 0 Å². The Morgan fingerprint density at radius 1 is 0.420 bits per heavy atom. The van der Waals surface area contributed by atoms with Crippen LogP contribution in [0.15, 0.2) is 162 Å². The van der Waals surface area contributed by atoms with Gasteiger partial charge < -0.3 is 4.42 Å². The predicted octanol–water partition coefficient (Wildman–Crippen LogP) is 11.9. The van der Waals surface area contributed by atoms with Crippen LogP contribution in [0.25, 0.3) is 98.8 Å². The summed E-state index contributed by atoms with van der Waals surface area (Å²) in [5, 5.41) is 5.40. The Kier molecular flexibility index (Phi) is 6.60. The molecule has 3 aromatic heterocycles. The second-order valence-electron chi connectivity index (χ2n) is 12.3. The van der Waals surface area contributed by atoms with Crippen molar-refractivity contribution in [3.63, 3.8) is 0 Å². The monoisotopic (exact) mass is 658 g/mol. The van der Waals surface area contributed by atoms with E-state index in [0.717, 1.165) is 81.3 Å². The van der Waals surface area contributed by atoms with Crippen LogP contribution in [0.2, 0.25) is 0 Å². The maximum Gasteiger partial charge on any atom is 0.164 e. The summed E-state index contributed by atoms with van der Waals surface area (Å²) in [5.41, 5.74) is 8.90. The molecule has 10 rings (SSSR count). The maximum absolute atomic E-state index is 6.48. The molecule has 50 heavy (non-hydrogen) atoms. The number of fused-ring (bicyclic) bond motifs is 5. The van der Waals surface area contributed by atoms with Crippen molar-refractivity contribution in [1.82, 2.24) is 19.9 Å². The number of furan rings is 1. The van der Waals surface area contributed by atoms with Gasteiger partial charge in [0.25, 0.3) is 0 Å². The Hall–Kier alpha value is -6.50. The number of aromatic nitrogens is 4. The molecule has 0 radical (unpaired) electrons. The highest BCUT2D eigenvalue weighted by Gasteiger charge is 2.18. The summed E-state index contributed by atoms with van der Waals surface area (Å²) in [6, 6.07) is 54.0. The van der Waals surface area contributed by atoms with Crippen LogP contribution in [0, 0.1) is 0 Å². The number of rotatable bonds is 5. The molecule has 234 valence electrons. The molecular formula is C44H26N4OS. The average molecular weight is 659 g/mol. The van der Waals surface area contributed by atoms with Gasteiger partial charge >= 0.3 is 0 Å². The molecule has 0 saturated carbocycles. The molecule has 0 fully saturated rings. The normalized spacial score (nSPS) is 11.6. The minimum absolute atomic E-state index is 0.634. The summed E-state index contributed by atoms with van der Waals surface area (Å²) in [6.07, 6.45) is 0. The van der Waals surface area contributed by atoms with E-state index in [1.807, 2.05) is 78.9 Å². The highest BCUT2D eigenvalue weighted by molar-refractivity contribution is 7.21. The van der Waals surface area contributed by atoms with Gasteiger partial charge in [-0.05, 0) is 40.1 Å². The molecule has 3 heterocycles. The highest BCUT2D eigenvalue weighted by atomic mass is 32.1. The highest BCUT2D eigenvalue weighted by Crippen LogP contribution is 2.42. The molecule has 0 atom stereocenters. The molecular weight excluding hydrogens is 633 g/mol. The van der Waals surface area contributed by atoms with Crippen LogP contribution < -0.4 is 0 Å². The van der Waals surface area contributed by atoms with Crippen molar-refractivity contribution < 1.29 is 4.42 Å². The molecule has 7 aromatic carbocycles. The quantitative estimate of drug-likeness (QED) is 0.184. The van der Waals surface area contributed by atoms with Gasteiger partial charge in [-0.3, -0.25) is 0 Å². The Balaban J connectivity index is 1.11. The third kappa shape index (κ3) is 4.85. The number of benzene rings is 7. The molecule has 10 aromatic rings. The SMILES string of the molecule is c1ccc(-c2nc(-c3ccccc3)nc(-c3ccc4c(-c5cccc6oc7cc8sc(-c9ccccc9)nc8cc7c56)cccc4c3)n2)cc1. The van der Waals surface area contributed by atoms with Crippen LogP contribution in [-0.2, 0) is 0 Å². The third-order valence-electron chi connectivity index (χ3n) is 9.15. The molecule has 0 aliphatic carbocycles. The lowest BCUT2D eigenvalue weighted by atomic mass is 9.94. The van der Waals surface area contributed by atoms with E-state index >= 15 is 0 Å². The standard InChI is InChI=1S/C44H26N4OS/c1-4-12-27(13-5-1)41-46-42(28-14-6-2-7-15-28)48-43(47-41)31-22-23-32-30(24-31)18-10-19-33(32)34-20-11-21-37-40(34)35-25-36-39(26-38(35)49-37)50-44(45-36)29-16-8-3-9-17-29/h1-26H. The van der Waals surface area contributed by atoms with Gasteiger partial charge in [0.15, 0.2) is 17.5 Å². The van der Waals surface area contributed by atoms with Crippen LogP contribution in [0.3, 0.4) is 0 Å². The maximum atomic E-state index is 6.48. The van der Waals surface area contributed by atoms with Crippen molar-refractivity contribution >= 4 is 54.3 Å². The molecule has 0 unspecified atom stereocenters. The van der Waals surface area contributed by atoms with Gasteiger partial charge in [-0.1, -0.05) is 133 Å². The Morgan fingerprint density at radius 2 is 1.04 bits per heavy atom. The summed E-state index contributed by atoms with van der Waals surface area (Å²) in [4.78, 5) is 19.8. The van der Waals surface area contributed by atoms with Crippen LogP contribution in [0.5, 0.6) is 0 Å². The van der Waals surface area contributed by atoms with Gasteiger partial charge in [-0.25, -0.2) is 19.9 Å². The fourth-order valence-corrected chi connectivity index (χ4v) is 7.75. The van der Waals surface area contributed by atoms with Crippen LogP contribution in [-0.4, -0.2) is 19.9 Å². The second-order valence-corrected chi connectivity index (χ2v) is 13.3. The molecule has 0 aliphatic heterocycles. The minimum Gasteiger partial charge on any atom is -0.456 e. The molecule has 0 saturated heterocycles. The van der Waals surface area contributed by atoms with Crippen molar-refractivity contribution in [3.8, 4) is 55.9 Å². The van der Waals surface area contributed by atoms with E-state index in [4.69, 9.17) is 24.4 Å². The Morgan fingerprint density at radius 3 is 1.74 bits per heavy atom. The molecule has 5 nitrogen and oxygen atoms in total. The van der Waals surface area contributed by atoms with Gasteiger partial charge in [-0.15, -0.1) is 11.3 Å². The van der Waals surface area contributed by atoms with Crippen LogP contribution in [0.1, 0.15) is 0 Å². The predicted molar refractivity (Wildman–Crippen MR) is 205 cm³/mol. The van der Waals surface area contributed by atoms with Crippen molar-refractivity contribution in [3.05, 3.63) is 158 Å². The van der Waals surface area contributed by atoms with E-state index in [2.05, 4.69) is 78.9 Å². The van der Waals surface area contributed by atoms with Crippen LogP contribution in [0.4, 0.5) is 0 Å². The number of nitrogens with zero attached hydrogens (tertiary/aromatic N) is 4. The molecule has 6 heteroatoms. The summed E-state index contributed by atoms with van der Waals surface area (Å²) in [5.74, 6) is 1.92. The number of hydrogen-bond acceptors (Lipinski definition) is 6. The average Bonchev–Trinajstić information content (AvgIpc) is 3.78. The van der Waals surface area contributed by atoms with Gasteiger partial charge in [0.2, 0.25) is 0 Å². The Labute approximate surface area is 291 Å². The van der Waals surface area contributed by atoms with Crippen molar-refractivity contribution in [2.45, 2.75) is 0 Å². The second kappa shape index (κ2) is 11.6. The van der Waals surface area contributed by atoms with E-state index in [9.17, 15) is 0 Å². The first kappa shape index (κ1) is 28.5. The molecule has 0 N–H and O–H groups in total. The van der Waals surface area contributed by atoms with Gasteiger partial charge in [0.1, 0.15) is 16.2 Å². The van der Waals surface area contributed by atoms with E-state index in [1.54, 1.807) is 11.3 Å². The fourth-order valence-electron chi connectivity index (χ4n) is 6.77. The summed E-state index contributed by atoms with van der Waals surface area (Å²) in [6.45, 7) is 0.